The smallest absolute Gasteiger partial charge is 0.328 e. The Hall–Kier alpha value is -6.33. The van der Waals surface area contributed by atoms with Gasteiger partial charge in [0.25, 0.3) is 11.8 Å². The molecule has 0 saturated heterocycles. The number of carboxylic acids is 2. The maximum absolute atomic E-state index is 13.6. The molecule has 0 bridgehead atoms. The van der Waals surface area contributed by atoms with Gasteiger partial charge >= 0.3 is 18.0 Å². The van der Waals surface area contributed by atoms with E-state index in [0.717, 1.165) is 17.1 Å². The van der Waals surface area contributed by atoms with E-state index in [9.17, 15) is 43.2 Å². The van der Waals surface area contributed by atoms with Crippen LogP contribution in [0.25, 0.3) is 12.2 Å². The van der Waals surface area contributed by atoms with Gasteiger partial charge in [-0.05, 0) is 74.3 Å². The molecular formula is C36H45N7O11. The molecular weight excluding hydrogens is 706 g/mol. The molecule has 54 heavy (non-hydrogen) atoms. The third kappa shape index (κ3) is 13.0. The van der Waals surface area contributed by atoms with Gasteiger partial charge in [-0.3, -0.25) is 33.7 Å². The third-order valence-corrected chi connectivity index (χ3v) is 8.74. The molecule has 1 saturated carbocycles. The van der Waals surface area contributed by atoms with Crippen molar-refractivity contribution in [3.63, 3.8) is 0 Å². The zero-order valence-corrected chi connectivity index (χ0v) is 29.6. The Morgan fingerprint density at radius 2 is 1.48 bits per heavy atom. The van der Waals surface area contributed by atoms with E-state index in [1.165, 1.54) is 42.5 Å². The lowest BCUT2D eigenvalue weighted by molar-refractivity contribution is -0.151. The van der Waals surface area contributed by atoms with E-state index >= 15 is 0 Å². The Kier molecular flexibility index (Phi) is 16.1. The van der Waals surface area contributed by atoms with Gasteiger partial charge in [0, 0.05) is 62.6 Å². The third-order valence-electron chi connectivity index (χ3n) is 8.74. The molecule has 0 radical (unpaired) electrons. The number of carboxylic acid groups (broad SMARTS) is 2. The second-order valence-corrected chi connectivity index (χ2v) is 12.7. The number of carbonyl (C=O) groups is 9. The van der Waals surface area contributed by atoms with Crippen LogP contribution in [0.4, 0.5) is 10.5 Å². The molecule has 3 rings (SSSR count). The lowest BCUT2D eigenvalue weighted by Crippen LogP contribution is -2.59. The molecule has 1 fully saturated rings. The van der Waals surface area contributed by atoms with Gasteiger partial charge in [0.1, 0.15) is 11.5 Å². The molecule has 1 atom stereocenters. The highest BCUT2D eigenvalue weighted by molar-refractivity contribution is 6.12. The number of rotatable bonds is 22. The number of amides is 8. The first-order chi connectivity index (χ1) is 25.7. The molecule has 1 aromatic rings. The molecule has 1 aliphatic heterocycles. The number of nitrogens with two attached hydrogens (primary N) is 1. The number of aliphatic carboxylic acids is 2. The average molecular weight is 752 g/mol. The number of carbonyl (C=O) groups excluding carboxylic acids is 7. The number of urea groups is 1. The number of hydrogen-bond acceptors (Lipinski definition) is 9. The van der Waals surface area contributed by atoms with Gasteiger partial charge in [-0.15, -0.1) is 0 Å². The highest BCUT2D eigenvalue weighted by Crippen LogP contribution is 2.41. The predicted octanol–water partition coefficient (Wildman–Crippen LogP) is 0.642. The summed E-state index contributed by atoms with van der Waals surface area (Å²) < 4.78 is 0. The Labute approximate surface area is 310 Å². The molecule has 0 unspecified atom stereocenters. The molecule has 18 heteroatoms. The maximum atomic E-state index is 13.6. The van der Waals surface area contributed by atoms with E-state index in [1.54, 1.807) is 0 Å². The number of nitrogens with zero attached hydrogens (tertiary/aromatic N) is 1. The number of unbranched alkanes of at least 4 members (excludes halogenated alkanes) is 2. The quantitative estimate of drug-likeness (QED) is 0.0352. The van der Waals surface area contributed by atoms with Crippen molar-refractivity contribution in [3.8, 4) is 0 Å². The average Bonchev–Trinajstić information content (AvgIpc) is 3.41. The number of imide groups is 1. The fourth-order valence-electron chi connectivity index (χ4n) is 5.66. The van der Waals surface area contributed by atoms with E-state index in [2.05, 4.69) is 26.6 Å². The van der Waals surface area contributed by atoms with Crippen LogP contribution in [0.15, 0.2) is 42.5 Å². The van der Waals surface area contributed by atoms with Crippen molar-refractivity contribution in [2.75, 3.05) is 31.5 Å². The molecule has 2 aliphatic rings. The zero-order chi connectivity index (χ0) is 39.7. The number of primary amides is 1. The Bertz CT molecular complexity index is 1700. The first kappa shape index (κ1) is 42.1. The Balaban J connectivity index is 1.57. The van der Waals surface area contributed by atoms with Crippen LogP contribution >= 0.6 is 0 Å². The Morgan fingerprint density at radius 3 is 2.11 bits per heavy atom. The second kappa shape index (κ2) is 20.6. The minimum atomic E-state index is -1.38. The monoisotopic (exact) mass is 751 g/mol. The van der Waals surface area contributed by atoms with E-state index in [0.29, 0.717) is 36.8 Å². The summed E-state index contributed by atoms with van der Waals surface area (Å²) in [7, 11) is 0. The maximum Gasteiger partial charge on any atom is 0.328 e. The highest BCUT2D eigenvalue weighted by Gasteiger charge is 2.51. The standard InChI is InChI=1S/C36H45N7O11/c37-35(54)40-19-4-6-25(42-34(53)36(16-5-17-36)33(52)39-18-2-1-3-21-43-28(45)11-12-29(43)46)32(51)38-20-15-27(44)41-26-22-23(8-13-30(47)48)7-9-24(26)10-14-31(49)50/h7-14,22,25H,1-6,15-21H2,(H,38,51)(H,39,52)(H,41,44)(H,42,53)(H,47,48)(H,49,50)(H3,37,40,54)/b13-8+,14-10+/t25-/m1/s1. The topological polar surface area (TPSA) is 284 Å². The minimum Gasteiger partial charge on any atom is -0.478 e. The molecule has 0 aromatic heterocycles. The number of anilines is 1. The number of hydrogen-bond donors (Lipinski definition) is 8. The summed E-state index contributed by atoms with van der Waals surface area (Å²) >= 11 is 0. The predicted molar refractivity (Wildman–Crippen MR) is 194 cm³/mol. The van der Waals surface area contributed by atoms with Crippen LogP contribution < -0.4 is 32.3 Å². The van der Waals surface area contributed by atoms with Crippen LogP contribution in [-0.4, -0.2) is 101 Å². The van der Waals surface area contributed by atoms with Crippen LogP contribution in [0.2, 0.25) is 0 Å². The van der Waals surface area contributed by atoms with Crippen molar-refractivity contribution in [1.82, 2.24) is 26.2 Å². The summed E-state index contributed by atoms with van der Waals surface area (Å²) in [6.45, 7) is 0.471. The van der Waals surface area contributed by atoms with Crippen molar-refractivity contribution in [2.24, 2.45) is 11.1 Å². The number of nitrogens with one attached hydrogen (secondary N) is 5. The molecule has 1 heterocycles. The van der Waals surface area contributed by atoms with Crippen LogP contribution in [0.5, 0.6) is 0 Å². The van der Waals surface area contributed by atoms with E-state index in [1.807, 2.05) is 0 Å². The molecule has 18 nitrogen and oxygen atoms in total. The van der Waals surface area contributed by atoms with E-state index < -0.39 is 53.1 Å². The molecule has 1 aliphatic carbocycles. The molecule has 9 N–H and O–H groups in total. The van der Waals surface area contributed by atoms with Crippen LogP contribution in [0, 0.1) is 5.41 Å². The van der Waals surface area contributed by atoms with Gasteiger partial charge in [-0.2, -0.15) is 0 Å². The molecule has 8 amide bonds. The first-order valence-electron chi connectivity index (χ1n) is 17.4. The summed E-state index contributed by atoms with van der Waals surface area (Å²) in [5.41, 5.74) is 4.68. The van der Waals surface area contributed by atoms with Crippen molar-refractivity contribution in [1.29, 1.82) is 0 Å². The van der Waals surface area contributed by atoms with E-state index in [-0.39, 0.29) is 75.8 Å². The minimum absolute atomic E-state index is 0.0647. The van der Waals surface area contributed by atoms with Gasteiger partial charge in [0.2, 0.25) is 23.6 Å². The van der Waals surface area contributed by atoms with Crippen molar-refractivity contribution in [2.45, 2.75) is 63.8 Å². The van der Waals surface area contributed by atoms with Crippen molar-refractivity contribution >= 4 is 71.3 Å². The molecule has 1 aromatic carbocycles. The highest BCUT2D eigenvalue weighted by atomic mass is 16.4. The molecule has 0 spiro atoms. The fourth-order valence-corrected chi connectivity index (χ4v) is 5.66. The Morgan fingerprint density at radius 1 is 0.815 bits per heavy atom. The second-order valence-electron chi connectivity index (χ2n) is 12.7. The lowest BCUT2D eigenvalue weighted by atomic mass is 9.67. The van der Waals surface area contributed by atoms with Gasteiger partial charge in [-0.25, -0.2) is 14.4 Å². The van der Waals surface area contributed by atoms with E-state index in [4.69, 9.17) is 15.9 Å². The van der Waals surface area contributed by atoms with Gasteiger partial charge in [-0.1, -0.05) is 18.6 Å². The van der Waals surface area contributed by atoms with Crippen LogP contribution in [-0.2, 0) is 38.4 Å². The fraction of sp³-hybridized carbons (Fsp3) is 0.417. The van der Waals surface area contributed by atoms with Gasteiger partial charge < -0.3 is 42.5 Å². The summed E-state index contributed by atoms with van der Waals surface area (Å²) in [4.78, 5) is 111. The van der Waals surface area contributed by atoms with Gasteiger partial charge in [0.05, 0.1) is 0 Å². The lowest BCUT2D eigenvalue weighted by Gasteiger charge is -2.39. The van der Waals surface area contributed by atoms with Gasteiger partial charge in [0.15, 0.2) is 0 Å². The van der Waals surface area contributed by atoms with Crippen LogP contribution in [0.3, 0.4) is 0 Å². The SMILES string of the molecule is NC(=O)NCCC[C@@H](NC(=O)C1(C(=O)NCCCCCN2C(=O)C=CC2=O)CCC1)C(=O)NCCC(=O)Nc1cc(/C=C/C(=O)O)ccc1/C=C/C(=O)O. The summed E-state index contributed by atoms with van der Waals surface area (Å²) in [5.74, 6) is -5.45. The largest absolute Gasteiger partial charge is 0.478 e. The summed E-state index contributed by atoms with van der Waals surface area (Å²) in [6, 6.07) is 2.59. The van der Waals surface area contributed by atoms with Crippen molar-refractivity contribution in [3.05, 3.63) is 53.6 Å². The van der Waals surface area contributed by atoms with Crippen molar-refractivity contribution < 1.29 is 53.4 Å². The zero-order valence-electron chi connectivity index (χ0n) is 29.6. The molecule has 290 valence electrons. The summed E-state index contributed by atoms with van der Waals surface area (Å²) in [5, 5.41) is 31.1. The summed E-state index contributed by atoms with van der Waals surface area (Å²) in [6.07, 6.45) is 9.69. The van der Waals surface area contributed by atoms with Crippen LogP contribution in [0.1, 0.15) is 68.9 Å². The normalized spacial score (nSPS) is 15.1. The first-order valence-corrected chi connectivity index (χ1v) is 17.4. The number of benzene rings is 1.